The fourth-order valence-corrected chi connectivity index (χ4v) is 4.50. The number of nitrogens with zero attached hydrogens (tertiary/aromatic N) is 6. The van der Waals surface area contributed by atoms with Crippen LogP contribution in [0.25, 0.3) is 22.6 Å². The molecule has 5 rings (SSSR count). The molecule has 5 heterocycles. The van der Waals surface area contributed by atoms with E-state index in [4.69, 9.17) is 9.72 Å². The van der Waals surface area contributed by atoms with Crippen LogP contribution >= 0.6 is 15.9 Å². The van der Waals surface area contributed by atoms with E-state index in [0.29, 0.717) is 11.7 Å². The van der Waals surface area contributed by atoms with Crippen molar-refractivity contribution in [1.82, 2.24) is 29.8 Å². The van der Waals surface area contributed by atoms with E-state index < -0.39 is 0 Å². The second-order valence-electron chi connectivity index (χ2n) is 7.42. The monoisotopic (exact) mass is 479 g/mol. The predicted molar refractivity (Wildman–Crippen MR) is 123 cm³/mol. The van der Waals surface area contributed by atoms with Crippen molar-refractivity contribution < 1.29 is 4.74 Å². The topological polar surface area (TPSA) is 83.1 Å². The number of nitrogens with one attached hydrogen (secondary N) is 1. The van der Waals surface area contributed by atoms with Gasteiger partial charge in [0.1, 0.15) is 11.3 Å². The molecule has 0 aromatic carbocycles. The normalized spacial score (nSPS) is 14.8. The fraction of sp³-hybridized carbons (Fsp3) is 0.273. The van der Waals surface area contributed by atoms with E-state index in [-0.39, 0.29) is 0 Å². The van der Waals surface area contributed by atoms with Gasteiger partial charge in [-0.1, -0.05) is 6.07 Å². The highest BCUT2D eigenvalue weighted by molar-refractivity contribution is 9.10. The minimum Gasteiger partial charge on any atom is -0.480 e. The van der Waals surface area contributed by atoms with Crippen molar-refractivity contribution in [2.24, 2.45) is 0 Å². The van der Waals surface area contributed by atoms with Crippen molar-refractivity contribution in [3.05, 3.63) is 59.1 Å². The first kappa shape index (κ1) is 19.9. The van der Waals surface area contributed by atoms with Gasteiger partial charge in [-0.05, 0) is 39.7 Å². The van der Waals surface area contributed by atoms with Crippen molar-refractivity contribution in [3.8, 4) is 17.3 Å². The summed E-state index contributed by atoms with van der Waals surface area (Å²) < 4.78 is 6.35. The maximum Gasteiger partial charge on any atom is 0.224 e. The Kier molecular flexibility index (Phi) is 5.52. The number of piperazine rings is 1. The Labute approximate surface area is 188 Å². The SMILES string of the molecule is COc1ncccc1-c1nc2c(N3CCN(Cc4cccnc4)CC3)c(Br)cnc2[nH]1. The maximum absolute atomic E-state index is 5.41. The number of aromatic nitrogens is 5. The van der Waals surface area contributed by atoms with Crippen molar-refractivity contribution in [1.29, 1.82) is 0 Å². The van der Waals surface area contributed by atoms with Gasteiger partial charge in [-0.25, -0.2) is 15.0 Å². The van der Waals surface area contributed by atoms with Crippen LogP contribution in [0.3, 0.4) is 0 Å². The van der Waals surface area contributed by atoms with Gasteiger partial charge < -0.3 is 14.6 Å². The predicted octanol–water partition coefficient (Wildman–Crippen LogP) is 3.51. The first-order chi connectivity index (χ1) is 15.2. The standard InChI is InChI=1S/C22H22BrN7O/c1-31-22-16(5-3-7-25-22)20-27-18-19(17(23)13-26-21(18)28-20)30-10-8-29(9-11-30)14-15-4-2-6-24-12-15/h2-7,12-13H,8-11,14H2,1H3,(H,26,27,28). The molecule has 4 aromatic heterocycles. The molecular formula is C22H22BrN7O. The summed E-state index contributed by atoms with van der Waals surface area (Å²) in [6, 6.07) is 7.93. The van der Waals surface area contributed by atoms with Gasteiger partial charge in [0, 0.05) is 57.5 Å². The van der Waals surface area contributed by atoms with Gasteiger partial charge in [-0.2, -0.15) is 0 Å². The molecule has 8 nitrogen and oxygen atoms in total. The molecule has 0 saturated carbocycles. The molecule has 0 unspecified atom stereocenters. The number of pyridine rings is 3. The Morgan fingerprint density at radius 2 is 1.90 bits per heavy atom. The van der Waals surface area contributed by atoms with Crippen LogP contribution in [0.5, 0.6) is 5.88 Å². The summed E-state index contributed by atoms with van der Waals surface area (Å²) >= 11 is 3.70. The van der Waals surface area contributed by atoms with Crippen LogP contribution in [-0.4, -0.2) is 63.1 Å². The lowest BCUT2D eigenvalue weighted by atomic mass is 10.2. The molecule has 0 amide bonds. The number of imidazole rings is 1. The first-order valence-corrected chi connectivity index (χ1v) is 10.9. The summed E-state index contributed by atoms with van der Waals surface area (Å²) in [6.45, 7) is 4.69. The minimum absolute atomic E-state index is 0.534. The van der Waals surface area contributed by atoms with E-state index in [1.165, 1.54) is 5.56 Å². The molecule has 1 saturated heterocycles. The molecule has 31 heavy (non-hydrogen) atoms. The zero-order chi connectivity index (χ0) is 21.2. The van der Waals surface area contributed by atoms with Gasteiger partial charge in [0.05, 0.1) is 22.8 Å². The third-order valence-corrected chi connectivity index (χ3v) is 6.06. The summed E-state index contributed by atoms with van der Waals surface area (Å²) in [6.07, 6.45) is 7.29. The number of ether oxygens (including phenoxy) is 1. The lowest BCUT2D eigenvalue weighted by Crippen LogP contribution is -2.46. The van der Waals surface area contributed by atoms with Crippen LogP contribution in [0.15, 0.2) is 53.5 Å². The van der Waals surface area contributed by atoms with Crippen molar-refractivity contribution >= 4 is 32.8 Å². The number of fused-ring (bicyclic) bond motifs is 1. The Morgan fingerprint density at radius 3 is 2.68 bits per heavy atom. The smallest absolute Gasteiger partial charge is 0.224 e. The van der Waals surface area contributed by atoms with Gasteiger partial charge in [-0.3, -0.25) is 9.88 Å². The average Bonchev–Trinajstić information content (AvgIpc) is 3.24. The zero-order valence-corrected chi connectivity index (χ0v) is 18.7. The van der Waals surface area contributed by atoms with Crippen molar-refractivity contribution in [2.75, 3.05) is 38.2 Å². The highest BCUT2D eigenvalue weighted by Crippen LogP contribution is 2.35. The van der Waals surface area contributed by atoms with Gasteiger partial charge in [0.15, 0.2) is 5.65 Å². The van der Waals surface area contributed by atoms with Crippen LogP contribution in [0.2, 0.25) is 0 Å². The van der Waals surface area contributed by atoms with E-state index in [0.717, 1.165) is 59.6 Å². The van der Waals surface area contributed by atoms with Crippen molar-refractivity contribution in [2.45, 2.75) is 6.54 Å². The lowest BCUT2D eigenvalue weighted by Gasteiger charge is -2.36. The second kappa shape index (κ2) is 8.60. The quantitative estimate of drug-likeness (QED) is 0.468. The molecule has 1 aliphatic heterocycles. The van der Waals surface area contributed by atoms with Crippen LogP contribution in [-0.2, 0) is 6.54 Å². The molecule has 0 spiro atoms. The van der Waals surface area contributed by atoms with Gasteiger partial charge in [0.2, 0.25) is 5.88 Å². The lowest BCUT2D eigenvalue weighted by molar-refractivity contribution is 0.249. The number of rotatable bonds is 5. The van der Waals surface area contributed by atoms with E-state index in [9.17, 15) is 0 Å². The Hall–Kier alpha value is -3.04. The summed E-state index contributed by atoms with van der Waals surface area (Å²) in [7, 11) is 1.61. The number of halogens is 1. The molecule has 4 aromatic rings. The number of anilines is 1. The van der Waals surface area contributed by atoms with Crippen LogP contribution in [0.4, 0.5) is 5.69 Å². The van der Waals surface area contributed by atoms with Crippen LogP contribution in [0.1, 0.15) is 5.56 Å². The molecule has 0 bridgehead atoms. The number of aromatic amines is 1. The average molecular weight is 480 g/mol. The van der Waals surface area contributed by atoms with Crippen LogP contribution in [0, 0.1) is 0 Å². The highest BCUT2D eigenvalue weighted by Gasteiger charge is 2.23. The molecular weight excluding hydrogens is 458 g/mol. The Bertz CT molecular complexity index is 1190. The number of hydrogen-bond acceptors (Lipinski definition) is 7. The molecule has 1 aliphatic rings. The molecule has 9 heteroatoms. The second-order valence-corrected chi connectivity index (χ2v) is 8.28. The first-order valence-electron chi connectivity index (χ1n) is 10.1. The van der Waals surface area contributed by atoms with Gasteiger partial charge in [-0.15, -0.1) is 0 Å². The summed E-state index contributed by atoms with van der Waals surface area (Å²) in [5.41, 5.74) is 4.71. The van der Waals surface area contributed by atoms with E-state index in [1.807, 2.05) is 36.8 Å². The summed E-state index contributed by atoms with van der Waals surface area (Å²) in [5, 5.41) is 0. The van der Waals surface area contributed by atoms with E-state index in [1.54, 1.807) is 13.3 Å². The van der Waals surface area contributed by atoms with Crippen molar-refractivity contribution in [3.63, 3.8) is 0 Å². The van der Waals surface area contributed by atoms with E-state index >= 15 is 0 Å². The van der Waals surface area contributed by atoms with E-state index in [2.05, 4.69) is 51.7 Å². The van der Waals surface area contributed by atoms with Crippen LogP contribution < -0.4 is 9.64 Å². The number of methoxy groups -OCH3 is 1. The molecule has 1 N–H and O–H groups in total. The molecule has 158 valence electrons. The minimum atomic E-state index is 0.534. The maximum atomic E-state index is 5.41. The molecule has 0 atom stereocenters. The summed E-state index contributed by atoms with van der Waals surface area (Å²) in [5.74, 6) is 1.23. The molecule has 0 aliphatic carbocycles. The fourth-order valence-electron chi connectivity index (χ4n) is 3.96. The van der Waals surface area contributed by atoms with Gasteiger partial charge in [0.25, 0.3) is 0 Å². The number of H-pyrrole nitrogens is 1. The molecule has 1 fully saturated rings. The third kappa shape index (κ3) is 3.98. The molecule has 0 radical (unpaired) electrons. The Balaban J connectivity index is 1.41. The largest absolute Gasteiger partial charge is 0.480 e. The van der Waals surface area contributed by atoms with Gasteiger partial charge >= 0.3 is 0 Å². The Morgan fingerprint density at radius 1 is 1.06 bits per heavy atom. The zero-order valence-electron chi connectivity index (χ0n) is 17.1. The third-order valence-electron chi connectivity index (χ3n) is 5.48. The summed E-state index contributed by atoms with van der Waals surface area (Å²) in [4.78, 5) is 26.1. The highest BCUT2D eigenvalue weighted by atomic mass is 79.9. The number of hydrogen-bond donors (Lipinski definition) is 1.